The largest absolute Gasteiger partial charge is 0.419 e. The van der Waals surface area contributed by atoms with Crippen LogP contribution in [-0.4, -0.2) is 26.0 Å². The number of benzene rings is 1. The van der Waals surface area contributed by atoms with Gasteiger partial charge in [-0.1, -0.05) is 23.2 Å². The van der Waals surface area contributed by atoms with Crippen LogP contribution in [0, 0.1) is 0 Å². The van der Waals surface area contributed by atoms with E-state index in [2.05, 4.69) is 5.10 Å². The molecule has 0 saturated carbocycles. The molecule has 1 amide bonds. The molecule has 1 aromatic carbocycles. The van der Waals surface area contributed by atoms with Gasteiger partial charge in [-0.3, -0.25) is 4.68 Å². The molecule has 2 aliphatic rings. The van der Waals surface area contributed by atoms with Crippen molar-refractivity contribution >= 4 is 34.8 Å². The van der Waals surface area contributed by atoms with Gasteiger partial charge in [-0.15, -0.1) is 0 Å². The Morgan fingerprint density at radius 2 is 2.04 bits per heavy atom. The summed E-state index contributed by atoms with van der Waals surface area (Å²) in [7, 11) is 0. The van der Waals surface area contributed by atoms with E-state index in [0.29, 0.717) is 47.7 Å². The number of halogens is 4. The van der Waals surface area contributed by atoms with E-state index in [1.54, 1.807) is 12.1 Å². The molecule has 0 spiro atoms. The van der Waals surface area contributed by atoms with E-state index in [-0.39, 0.29) is 29.6 Å². The number of hydrogen-bond donors (Lipinski definition) is 0. The summed E-state index contributed by atoms with van der Waals surface area (Å²) >= 11 is 11.9. The molecule has 0 bridgehead atoms. The van der Waals surface area contributed by atoms with Crippen LogP contribution >= 0.6 is 23.2 Å². The monoisotopic (exact) mass is 412 g/mol. The molecule has 2 aliphatic heterocycles. The molecule has 0 atom stereocenters. The van der Waals surface area contributed by atoms with Crippen molar-refractivity contribution in [3.8, 4) is 0 Å². The van der Waals surface area contributed by atoms with Crippen molar-refractivity contribution in [3.63, 3.8) is 0 Å². The van der Waals surface area contributed by atoms with Crippen molar-refractivity contribution in [2.24, 2.45) is 0 Å². The predicted octanol–water partition coefficient (Wildman–Crippen LogP) is 4.84. The number of aromatic nitrogens is 2. The van der Waals surface area contributed by atoms with Crippen molar-refractivity contribution < 1.29 is 18.2 Å². The maximum absolute atomic E-state index is 14.7. The predicted molar refractivity (Wildman–Crippen MR) is 99.1 cm³/mol. The molecule has 0 radical (unpaired) electrons. The number of hydrogen-bond acceptors (Lipinski definition) is 2. The normalized spacial score (nSPS) is 18.7. The van der Waals surface area contributed by atoms with Gasteiger partial charge in [0.05, 0.1) is 33.3 Å². The summed E-state index contributed by atoms with van der Waals surface area (Å²) in [5.41, 5.74) is 2.23. The molecule has 142 valence electrons. The first-order valence-electron chi connectivity index (χ1n) is 8.84. The number of aryl methyl sites for hydroxylation is 1. The summed E-state index contributed by atoms with van der Waals surface area (Å²) in [4.78, 5) is 13.0. The fourth-order valence-corrected chi connectivity index (χ4v) is 4.11. The maximum atomic E-state index is 14.7. The van der Waals surface area contributed by atoms with Crippen LogP contribution in [0.2, 0.25) is 10.0 Å². The summed E-state index contributed by atoms with van der Waals surface area (Å²) in [6.07, 6.45) is 1.33. The first-order valence-corrected chi connectivity index (χ1v) is 9.60. The fourth-order valence-electron chi connectivity index (χ4n) is 3.82. The molecule has 0 aliphatic carbocycles. The average Bonchev–Trinajstić information content (AvgIpc) is 2.90. The van der Waals surface area contributed by atoms with Gasteiger partial charge in [-0.05, 0) is 31.0 Å². The topological polar surface area (TPSA) is 37.9 Å². The van der Waals surface area contributed by atoms with E-state index in [1.165, 1.54) is 15.3 Å². The summed E-state index contributed by atoms with van der Waals surface area (Å²) in [6, 6.07) is 4.65. The number of fused-ring (bicyclic) bond motifs is 3. The van der Waals surface area contributed by atoms with Crippen molar-refractivity contribution in [2.45, 2.75) is 51.6 Å². The van der Waals surface area contributed by atoms with Gasteiger partial charge in [0.15, 0.2) is 12.3 Å². The van der Waals surface area contributed by atoms with Crippen LogP contribution in [0.25, 0.3) is 0 Å². The Hall–Kier alpha value is -1.79. The van der Waals surface area contributed by atoms with Crippen LogP contribution in [0.5, 0.6) is 0 Å². The van der Waals surface area contributed by atoms with Crippen LogP contribution in [0.3, 0.4) is 0 Å². The van der Waals surface area contributed by atoms with Gasteiger partial charge in [-0.2, -0.15) is 18.5 Å². The van der Waals surface area contributed by atoms with Crippen LogP contribution in [0.4, 0.5) is 8.78 Å². The highest BCUT2D eigenvalue weighted by atomic mass is 35.5. The second-order valence-corrected chi connectivity index (χ2v) is 7.91. The maximum Gasteiger partial charge on any atom is 0.419 e. The molecular formula is C19H18Cl2F2N3O+. The SMILES string of the molecule is CC1=[N+](C(=O)c2ccc(Cl)c(Cl)c2)Cc2c(nn3c2C(F)(F)CCCC3)C1. The minimum atomic E-state index is -2.93. The van der Waals surface area contributed by atoms with Gasteiger partial charge in [0, 0.05) is 19.9 Å². The number of alkyl halides is 2. The lowest BCUT2D eigenvalue weighted by atomic mass is 9.99. The Morgan fingerprint density at radius 1 is 1.26 bits per heavy atom. The van der Waals surface area contributed by atoms with Crippen molar-refractivity contribution in [1.82, 2.24) is 9.78 Å². The zero-order valence-corrected chi connectivity index (χ0v) is 16.2. The van der Waals surface area contributed by atoms with Crippen LogP contribution in [0.15, 0.2) is 18.2 Å². The smallest absolute Gasteiger partial charge is 0.263 e. The third-order valence-corrected chi connectivity index (χ3v) is 5.94. The molecule has 0 saturated heterocycles. The zero-order chi connectivity index (χ0) is 19.3. The molecule has 0 N–H and O–H groups in total. The Bertz CT molecular complexity index is 982. The molecule has 3 heterocycles. The fraction of sp³-hybridized carbons (Fsp3) is 0.421. The lowest BCUT2D eigenvalue weighted by molar-refractivity contribution is -0.449. The zero-order valence-electron chi connectivity index (χ0n) is 14.7. The quantitative estimate of drug-likeness (QED) is 0.628. The van der Waals surface area contributed by atoms with E-state index in [0.717, 1.165) is 5.71 Å². The Morgan fingerprint density at radius 3 is 2.78 bits per heavy atom. The number of nitrogens with zero attached hydrogens (tertiary/aromatic N) is 3. The summed E-state index contributed by atoms with van der Waals surface area (Å²) in [5.74, 6) is -3.21. The highest BCUT2D eigenvalue weighted by Crippen LogP contribution is 2.40. The first kappa shape index (κ1) is 18.6. The van der Waals surface area contributed by atoms with Gasteiger partial charge in [0.2, 0.25) is 0 Å². The standard InChI is InChI=1S/C19H18Cl2F2N3O/c1-11-8-16-13(17-19(22,23)6-2-3-7-26(17)24-16)10-25(11)18(27)12-4-5-14(20)15(21)9-12/h4-5,9H,2-3,6-8,10H2,1H3/q+1. The Balaban J connectivity index is 1.74. The lowest BCUT2D eigenvalue weighted by Gasteiger charge is -2.18. The molecule has 1 aromatic heterocycles. The molecule has 4 nitrogen and oxygen atoms in total. The van der Waals surface area contributed by atoms with E-state index in [4.69, 9.17) is 23.2 Å². The van der Waals surface area contributed by atoms with Gasteiger partial charge < -0.3 is 0 Å². The molecule has 8 heteroatoms. The molecule has 4 rings (SSSR count). The summed E-state index contributed by atoms with van der Waals surface area (Å²) in [5, 5.41) is 5.07. The minimum absolute atomic E-state index is 0.0329. The Kier molecular flexibility index (Phi) is 4.59. The summed E-state index contributed by atoms with van der Waals surface area (Å²) < 4.78 is 32.4. The number of carbonyl (C=O) groups excluding carboxylic acids is 1. The van der Waals surface area contributed by atoms with E-state index < -0.39 is 5.92 Å². The second kappa shape index (κ2) is 6.67. The molecular weight excluding hydrogens is 395 g/mol. The van der Waals surface area contributed by atoms with Crippen molar-refractivity contribution in [3.05, 3.63) is 50.8 Å². The number of amides is 1. The van der Waals surface area contributed by atoms with Crippen molar-refractivity contribution in [2.75, 3.05) is 0 Å². The molecule has 0 unspecified atom stereocenters. The van der Waals surface area contributed by atoms with E-state index in [9.17, 15) is 13.6 Å². The molecule has 0 fully saturated rings. The van der Waals surface area contributed by atoms with Crippen molar-refractivity contribution in [1.29, 1.82) is 0 Å². The number of rotatable bonds is 1. The van der Waals surface area contributed by atoms with Crippen LogP contribution in [0.1, 0.15) is 53.5 Å². The van der Waals surface area contributed by atoms with Gasteiger partial charge in [0.1, 0.15) is 5.69 Å². The van der Waals surface area contributed by atoms with Gasteiger partial charge >= 0.3 is 5.91 Å². The highest BCUT2D eigenvalue weighted by molar-refractivity contribution is 6.42. The minimum Gasteiger partial charge on any atom is -0.263 e. The molecule has 27 heavy (non-hydrogen) atoms. The Labute approximate surface area is 165 Å². The van der Waals surface area contributed by atoms with E-state index in [1.807, 2.05) is 6.92 Å². The van der Waals surface area contributed by atoms with Gasteiger partial charge in [-0.25, -0.2) is 4.79 Å². The first-order chi connectivity index (χ1) is 12.8. The lowest BCUT2D eigenvalue weighted by Crippen LogP contribution is -2.32. The molecule has 2 aromatic rings. The van der Waals surface area contributed by atoms with Gasteiger partial charge in [0.25, 0.3) is 5.92 Å². The second-order valence-electron chi connectivity index (χ2n) is 7.09. The average molecular weight is 413 g/mol. The van der Waals surface area contributed by atoms with Crippen LogP contribution in [-0.2, 0) is 25.4 Å². The summed E-state index contributed by atoms with van der Waals surface area (Å²) in [6.45, 7) is 2.39. The highest BCUT2D eigenvalue weighted by Gasteiger charge is 2.44. The third-order valence-electron chi connectivity index (χ3n) is 5.20. The number of carbonyl (C=O) groups is 1. The third kappa shape index (κ3) is 3.19. The van der Waals surface area contributed by atoms with E-state index >= 15 is 0 Å². The van der Waals surface area contributed by atoms with Crippen LogP contribution < -0.4 is 0 Å².